The maximum atomic E-state index is 13.3. The highest BCUT2D eigenvalue weighted by Crippen LogP contribution is 2.32. The standard InChI is InChI=1S/C16H18FN3S/c1-18-14(6-3-11-9-19-20(2)10-11)16-7-12-4-5-13(17)8-15(12)21-16/h4-5,7-10,14,18H,3,6H2,1-2H3. The van der Waals surface area contributed by atoms with Gasteiger partial charge in [-0.15, -0.1) is 11.3 Å². The van der Waals surface area contributed by atoms with Crippen molar-refractivity contribution in [2.75, 3.05) is 7.05 Å². The van der Waals surface area contributed by atoms with Crippen LogP contribution in [0.5, 0.6) is 0 Å². The van der Waals surface area contributed by atoms with E-state index in [-0.39, 0.29) is 11.9 Å². The van der Waals surface area contributed by atoms with Crippen molar-refractivity contribution in [3.8, 4) is 0 Å². The maximum absolute atomic E-state index is 13.3. The highest BCUT2D eigenvalue weighted by molar-refractivity contribution is 7.19. The lowest BCUT2D eigenvalue weighted by atomic mass is 10.1. The smallest absolute Gasteiger partial charge is 0.124 e. The molecule has 1 N–H and O–H groups in total. The Balaban J connectivity index is 1.77. The second-order valence-corrected chi connectivity index (χ2v) is 6.35. The Labute approximate surface area is 127 Å². The molecule has 0 aliphatic carbocycles. The van der Waals surface area contributed by atoms with E-state index in [2.05, 4.69) is 16.5 Å². The second kappa shape index (κ2) is 5.95. The number of hydrogen-bond donors (Lipinski definition) is 1. The van der Waals surface area contributed by atoms with Crippen LogP contribution in [0.2, 0.25) is 0 Å². The molecule has 21 heavy (non-hydrogen) atoms. The molecule has 0 radical (unpaired) electrons. The molecular weight excluding hydrogens is 285 g/mol. The van der Waals surface area contributed by atoms with Gasteiger partial charge in [0.1, 0.15) is 5.82 Å². The van der Waals surface area contributed by atoms with E-state index in [9.17, 15) is 4.39 Å². The lowest BCUT2D eigenvalue weighted by molar-refractivity contribution is 0.558. The van der Waals surface area contributed by atoms with Crippen LogP contribution in [0.15, 0.2) is 36.7 Å². The molecule has 0 bridgehead atoms. The van der Waals surface area contributed by atoms with Crippen LogP contribution in [-0.4, -0.2) is 16.8 Å². The topological polar surface area (TPSA) is 29.9 Å². The largest absolute Gasteiger partial charge is 0.312 e. The van der Waals surface area contributed by atoms with Crippen molar-refractivity contribution in [1.29, 1.82) is 0 Å². The van der Waals surface area contributed by atoms with E-state index in [1.807, 2.05) is 37.2 Å². The van der Waals surface area contributed by atoms with E-state index in [0.717, 1.165) is 22.9 Å². The van der Waals surface area contributed by atoms with Crippen molar-refractivity contribution in [3.63, 3.8) is 0 Å². The quantitative estimate of drug-likeness (QED) is 0.779. The minimum absolute atomic E-state index is 0.174. The monoisotopic (exact) mass is 303 g/mol. The highest BCUT2D eigenvalue weighted by atomic mass is 32.1. The van der Waals surface area contributed by atoms with Gasteiger partial charge >= 0.3 is 0 Å². The van der Waals surface area contributed by atoms with Crippen LogP contribution in [0.4, 0.5) is 4.39 Å². The van der Waals surface area contributed by atoms with E-state index < -0.39 is 0 Å². The Kier molecular flexibility index (Phi) is 4.03. The number of fused-ring (bicyclic) bond motifs is 1. The van der Waals surface area contributed by atoms with Gasteiger partial charge in [-0.25, -0.2) is 4.39 Å². The van der Waals surface area contributed by atoms with E-state index >= 15 is 0 Å². The molecule has 5 heteroatoms. The average Bonchev–Trinajstić information content (AvgIpc) is 3.05. The molecule has 0 spiro atoms. The van der Waals surface area contributed by atoms with Gasteiger partial charge in [0.2, 0.25) is 0 Å². The first-order chi connectivity index (χ1) is 10.2. The third-order valence-electron chi connectivity index (χ3n) is 3.67. The van der Waals surface area contributed by atoms with Gasteiger partial charge in [-0.1, -0.05) is 6.07 Å². The predicted molar refractivity (Wildman–Crippen MR) is 85.1 cm³/mol. The Hall–Kier alpha value is -1.72. The van der Waals surface area contributed by atoms with Crippen molar-refractivity contribution in [3.05, 3.63) is 52.9 Å². The van der Waals surface area contributed by atoms with Crippen molar-refractivity contribution >= 4 is 21.4 Å². The van der Waals surface area contributed by atoms with Gasteiger partial charge in [0.25, 0.3) is 0 Å². The summed E-state index contributed by atoms with van der Waals surface area (Å²) in [6, 6.07) is 7.41. The van der Waals surface area contributed by atoms with Crippen molar-refractivity contribution in [1.82, 2.24) is 15.1 Å². The van der Waals surface area contributed by atoms with E-state index in [4.69, 9.17) is 0 Å². The third-order valence-corrected chi connectivity index (χ3v) is 4.88. The molecule has 0 saturated carbocycles. The number of thiophene rings is 1. The van der Waals surface area contributed by atoms with Crippen molar-refractivity contribution in [2.45, 2.75) is 18.9 Å². The Morgan fingerprint density at radius 1 is 1.38 bits per heavy atom. The summed E-state index contributed by atoms with van der Waals surface area (Å²) in [6.07, 6.45) is 5.93. The lowest BCUT2D eigenvalue weighted by Crippen LogP contribution is -2.15. The Morgan fingerprint density at radius 3 is 2.95 bits per heavy atom. The van der Waals surface area contributed by atoms with Gasteiger partial charge in [-0.2, -0.15) is 5.10 Å². The molecule has 2 aromatic heterocycles. The maximum Gasteiger partial charge on any atom is 0.124 e. The lowest BCUT2D eigenvalue weighted by Gasteiger charge is -2.13. The van der Waals surface area contributed by atoms with Gasteiger partial charge in [0, 0.05) is 28.9 Å². The molecule has 2 heterocycles. The normalized spacial score (nSPS) is 12.9. The molecule has 0 aliphatic rings. The summed E-state index contributed by atoms with van der Waals surface area (Å²) in [5, 5.41) is 8.66. The van der Waals surface area contributed by atoms with Crippen LogP contribution in [0, 0.1) is 5.82 Å². The first-order valence-corrected chi connectivity index (χ1v) is 7.81. The van der Waals surface area contributed by atoms with Crippen molar-refractivity contribution < 1.29 is 4.39 Å². The van der Waals surface area contributed by atoms with Crippen LogP contribution in [-0.2, 0) is 13.5 Å². The van der Waals surface area contributed by atoms with Crippen LogP contribution in [0.25, 0.3) is 10.1 Å². The molecule has 3 rings (SSSR count). The number of aryl methyl sites for hydroxylation is 2. The van der Waals surface area contributed by atoms with Crippen LogP contribution in [0.1, 0.15) is 22.9 Å². The zero-order valence-electron chi connectivity index (χ0n) is 12.1. The predicted octanol–water partition coefficient (Wildman–Crippen LogP) is 3.67. The fraction of sp³-hybridized carbons (Fsp3) is 0.312. The zero-order valence-corrected chi connectivity index (χ0v) is 13.0. The molecule has 0 amide bonds. The van der Waals surface area contributed by atoms with Gasteiger partial charge in [0.15, 0.2) is 0 Å². The molecule has 0 fully saturated rings. The number of halogens is 1. The van der Waals surface area contributed by atoms with Gasteiger partial charge in [-0.05, 0) is 49.0 Å². The molecule has 1 aromatic carbocycles. The first-order valence-electron chi connectivity index (χ1n) is 6.99. The van der Waals surface area contributed by atoms with E-state index in [1.54, 1.807) is 17.4 Å². The molecular formula is C16H18FN3S. The van der Waals surface area contributed by atoms with Crippen LogP contribution in [0.3, 0.4) is 0 Å². The molecule has 1 unspecified atom stereocenters. The zero-order chi connectivity index (χ0) is 14.8. The first kappa shape index (κ1) is 14.2. The fourth-order valence-corrected chi connectivity index (χ4v) is 3.77. The van der Waals surface area contributed by atoms with Crippen LogP contribution >= 0.6 is 11.3 Å². The number of hydrogen-bond acceptors (Lipinski definition) is 3. The Bertz CT molecular complexity index is 747. The number of nitrogens with one attached hydrogen (secondary N) is 1. The highest BCUT2D eigenvalue weighted by Gasteiger charge is 2.13. The summed E-state index contributed by atoms with van der Waals surface area (Å²) in [5.41, 5.74) is 1.24. The second-order valence-electron chi connectivity index (χ2n) is 5.23. The van der Waals surface area contributed by atoms with Gasteiger partial charge in [0.05, 0.1) is 6.20 Å². The number of aromatic nitrogens is 2. The van der Waals surface area contributed by atoms with E-state index in [0.29, 0.717) is 0 Å². The summed E-state index contributed by atoms with van der Waals surface area (Å²) >= 11 is 1.66. The number of nitrogens with zero attached hydrogens (tertiary/aromatic N) is 2. The Morgan fingerprint density at radius 2 is 2.24 bits per heavy atom. The van der Waals surface area contributed by atoms with Gasteiger partial charge in [-0.3, -0.25) is 4.68 Å². The van der Waals surface area contributed by atoms with Gasteiger partial charge < -0.3 is 5.32 Å². The fourth-order valence-electron chi connectivity index (χ4n) is 2.54. The summed E-state index contributed by atoms with van der Waals surface area (Å²) < 4.78 is 16.1. The molecule has 0 aliphatic heterocycles. The van der Waals surface area contributed by atoms with E-state index in [1.165, 1.54) is 16.5 Å². The molecule has 3 aromatic rings. The summed E-state index contributed by atoms with van der Waals surface area (Å²) in [5.74, 6) is -0.174. The average molecular weight is 303 g/mol. The summed E-state index contributed by atoms with van der Waals surface area (Å²) in [7, 11) is 3.90. The van der Waals surface area contributed by atoms with Crippen LogP contribution < -0.4 is 5.32 Å². The molecule has 3 nitrogen and oxygen atoms in total. The van der Waals surface area contributed by atoms with Crippen molar-refractivity contribution in [2.24, 2.45) is 7.05 Å². The third kappa shape index (κ3) is 3.14. The SMILES string of the molecule is CNC(CCc1cnn(C)c1)c1cc2ccc(F)cc2s1. The summed E-state index contributed by atoms with van der Waals surface area (Å²) in [6.45, 7) is 0. The minimum atomic E-state index is -0.174. The molecule has 1 atom stereocenters. The molecule has 0 saturated heterocycles. The number of benzene rings is 1. The molecule has 110 valence electrons. The summed E-state index contributed by atoms with van der Waals surface area (Å²) in [4.78, 5) is 1.25. The number of rotatable bonds is 5. The minimum Gasteiger partial charge on any atom is -0.312 e.